The van der Waals surface area contributed by atoms with Crippen LogP contribution < -0.4 is 5.32 Å². The molecule has 148 valence electrons. The Bertz CT molecular complexity index is 843. The minimum Gasteiger partial charge on any atom is -0.357 e. The van der Waals surface area contributed by atoms with Crippen LogP contribution in [-0.2, 0) is 4.79 Å². The average Bonchev–Trinajstić information content (AvgIpc) is 2.80. The molecule has 0 bridgehead atoms. The Morgan fingerprint density at radius 2 is 1.31 bits per heavy atom. The molecule has 4 heteroatoms. The van der Waals surface area contributed by atoms with E-state index in [0.29, 0.717) is 31.6 Å². The Balaban J connectivity index is 1.79. The zero-order chi connectivity index (χ0) is 20.3. The molecule has 0 fully saturated rings. The average molecular weight is 386 g/mol. The lowest BCUT2D eigenvalue weighted by atomic mass is 9.88. The Labute approximate surface area is 172 Å². The highest BCUT2D eigenvalue weighted by atomic mass is 16.2. The van der Waals surface area contributed by atoms with E-state index in [4.69, 9.17) is 0 Å². The van der Waals surface area contributed by atoms with Crippen LogP contribution in [0.1, 0.15) is 33.8 Å². The maximum Gasteiger partial charge on any atom is 0.253 e. The van der Waals surface area contributed by atoms with E-state index in [-0.39, 0.29) is 11.8 Å². The second-order valence-corrected chi connectivity index (χ2v) is 6.89. The van der Waals surface area contributed by atoms with Crippen molar-refractivity contribution in [3.63, 3.8) is 0 Å². The molecule has 0 aliphatic rings. The van der Waals surface area contributed by atoms with Gasteiger partial charge >= 0.3 is 0 Å². The summed E-state index contributed by atoms with van der Waals surface area (Å²) in [5, 5.41) is 2.66. The number of benzene rings is 3. The molecule has 0 saturated carbocycles. The lowest BCUT2D eigenvalue weighted by molar-refractivity contribution is -0.109. The number of carbonyl (C=O) groups excluding carboxylic acids is 2. The standard InChI is InChI=1S/C25H26N2O2/c28-20-26-17-19-27(25(29)23-14-8-3-9-15-23)18-16-24(21-10-4-1-5-11-21)22-12-6-2-7-13-22/h1-15,20,24H,16-19H2,(H,26,28). The zero-order valence-corrected chi connectivity index (χ0v) is 16.4. The third-order valence-electron chi connectivity index (χ3n) is 5.01. The molecule has 0 heterocycles. The van der Waals surface area contributed by atoms with E-state index in [9.17, 15) is 9.59 Å². The minimum absolute atomic E-state index is 0.0156. The first-order chi connectivity index (χ1) is 14.3. The molecule has 0 aliphatic carbocycles. The SMILES string of the molecule is O=CNCCN(CCC(c1ccccc1)c1ccccc1)C(=O)c1ccccc1. The van der Waals surface area contributed by atoms with Crippen LogP contribution in [0.25, 0.3) is 0 Å². The molecule has 2 amide bonds. The van der Waals surface area contributed by atoms with Crippen molar-refractivity contribution in [1.29, 1.82) is 0 Å². The van der Waals surface area contributed by atoms with E-state index in [0.717, 1.165) is 6.42 Å². The first-order valence-electron chi connectivity index (χ1n) is 9.91. The second-order valence-electron chi connectivity index (χ2n) is 6.89. The van der Waals surface area contributed by atoms with Crippen LogP contribution in [0.5, 0.6) is 0 Å². The Hall–Kier alpha value is -3.40. The van der Waals surface area contributed by atoms with Gasteiger partial charge in [-0.2, -0.15) is 0 Å². The lowest BCUT2D eigenvalue weighted by Crippen LogP contribution is -2.38. The van der Waals surface area contributed by atoms with E-state index in [1.54, 1.807) is 0 Å². The van der Waals surface area contributed by atoms with Crippen LogP contribution in [0, 0.1) is 0 Å². The molecule has 0 spiro atoms. The first kappa shape index (κ1) is 20.3. The highest BCUT2D eigenvalue weighted by Crippen LogP contribution is 2.28. The number of hydrogen-bond donors (Lipinski definition) is 1. The molecular formula is C25H26N2O2. The van der Waals surface area contributed by atoms with Crippen LogP contribution in [0.2, 0.25) is 0 Å². The maximum atomic E-state index is 13.0. The molecule has 3 rings (SSSR count). The van der Waals surface area contributed by atoms with Crippen molar-refractivity contribution in [1.82, 2.24) is 10.2 Å². The van der Waals surface area contributed by atoms with Crippen molar-refractivity contribution in [3.8, 4) is 0 Å². The molecule has 4 nitrogen and oxygen atoms in total. The van der Waals surface area contributed by atoms with Gasteiger partial charge in [0.25, 0.3) is 5.91 Å². The number of hydrogen-bond acceptors (Lipinski definition) is 2. The highest BCUT2D eigenvalue weighted by Gasteiger charge is 2.19. The van der Waals surface area contributed by atoms with Crippen LogP contribution >= 0.6 is 0 Å². The van der Waals surface area contributed by atoms with Gasteiger partial charge in [0.1, 0.15) is 0 Å². The van der Waals surface area contributed by atoms with E-state index in [1.165, 1.54) is 11.1 Å². The predicted molar refractivity (Wildman–Crippen MR) is 116 cm³/mol. The van der Waals surface area contributed by atoms with Gasteiger partial charge in [-0.1, -0.05) is 78.9 Å². The van der Waals surface area contributed by atoms with Crippen LogP contribution in [0.15, 0.2) is 91.0 Å². The van der Waals surface area contributed by atoms with E-state index in [2.05, 4.69) is 29.6 Å². The predicted octanol–water partition coefficient (Wildman–Crippen LogP) is 4.10. The van der Waals surface area contributed by atoms with Gasteiger partial charge in [0.05, 0.1) is 0 Å². The molecule has 3 aromatic carbocycles. The van der Waals surface area contributed by atoms with E-state index in [1.807, 2.05) is 71.6 Å². The summed E-state index contributed by atoms with van der Waals surface area (Å²) in [6.07, 6.45) is 1.47. The lowest BCUT2D eigenvalue weighted by Gasteiger charge is -2.26. The van der Waals surface area contributed by atoms with Gasteiger partial charge in [-0.15, -0.1) is 0 Å². The largest absolute Gasteiger partial charge is 0.357 e. The number of rotatable bonds is 10. The van der Waals surface area contributed by atoms with Crippen molar-refractivity contribution < 1.29 is 9.59 Å². The van der Waals surface area contributed by atoms with Crippen molar-refractivity contribution in [2.24, 2.45) is 0 Å². The number of nitrogens with one attached hydrogen (secondary N) is 1. The van der Waals surface area contributed by atoms with E-state index >= 15 is 0 Å². The number of carbonyl (C=O) groups is 2. The van der Waals surface area contributed by atoms with Crippen molar-refractivity contribution in [3.05, 3.63) is 108 Å². The van der Waals surface area contributed by atoms with Crippen molar-refractivity contribution >= 4 is 12.3 Å². The third kappa shape index (κ3) is 5.79. The summed E-state index contributed by atoms with van der Waals surface area (Å²) >= 11 is 0. The fourth-order valence-electron chi connectivity index (χ4n) is 3.52. The summed E-state index contributed by atoms with van der Waals surface area (Å²) in [6, 6.07) is 30.0. The molecule has 0 aromatic heterocycles. The van der Waals surface area contributed by atoms with Gasteiger partial charge in [-0.05, 0) is 29.7 Å². The van der Waals surface area contributed by atoms with Gasteiger partial charge in [-0.3, -0.25) is 9.59 Å². The maximum absolute atomic E-state index is 13.0. The molecule has 0 unspecified atom stereocenters. The van der Waals surface area contributed by atoms with E-state index < -0.39 is 0 Å². The number of amides is 2. The van der Waals surface area contributed by atoms with Gasteiger partial charge in [-0.25, -0.2) is 0 Å². The number of nitrogens with zero attached hydrogens (tertiary/aromatic N) is 1. The smallest absolute Gasteiger partial charge is 0.253 e. The first-order valence-corrected chi connectivity index (χ1v) is 9.91. The quantitative estimate of drug-likeness (QED) is 0.421. The highest BCUT2D eigenvalue weighted by molar-refractivity contribution is 5.94. The van der Waals surface area contributed by atoms with Crippen LogP contribution in [-0.4, -0.2) is 36.9 Å². The fraction of sp³-hybridized carbons (Fsp3) is 0.200. The molecule has 0 aliphatic heterocycles. The molecule has 0 radical (unpaired) electrons. The van der Waals surface area contributed by atoms with Crippen molar-refractivity contribution in [2.75, 3.05) is 19.6 Å². The summed E-state index contributed by atoms with van der Waals surface area (Å²) in [4.78, 5) is 25.5. The summed E-state index contributed by atoms with van der Waals surface area (Å²) in [7, 11) is 0. The normalized spacial score (nSPS) is 10.5. The van der Waals surface area contributed by atoms with Crippen LogP contribution in [0.4, 0.5) is 0 Å². The summed E-state index contributed by atoms with van der Waals surface area (Å²) in [5.41, 5.74) is 3.13. The van der Waals surface area contributed by atoms with Crippen LogP contribution in [0.3, 0.4) is 0 Å². The Morgan fingerprint density at radius 3 is 1.83 bits per heavy atom. The summed E-state index contributed by atoms with van der Waals surface area (Å²) < 4.78 is 0. The van der Waals surface area contributed by atoms with Gasteiger partial charge in [0.15, 0.2) is 0 Å². The summed E-state index contributed by atoms with van der Waals surface area (Å²) in [5.74, 6) is 0.181. The molecule has 3 aromatic rings. The molecule has 29 heavy (non-hydrogen) atoms. The molecule has 0 atom stereocenters. The topological polar surface area (TPSA) is 49.4 Å². The molecular weight excluding hydrogens is 360 g/mol. The van der Waals surface area contributed by atoms with Gasteiger partial charge in [0.2, 0.25) is 6.41 Å². The Morgan fingerprint density at radius 1 is 0.793 bits per heavy atom. The van der Waals surface area contributed by atoms with Gasteiger partial charge in [0, 0.05) is 31.1 Å². The fourth-order valence-corrected chi connectivity index (χ4v) is 3.52. The third-order valence-corrected chi connectivity index (χ3v) is 5.01. The molecule has 0 saturated heterocycles. The monoisotopic (exact) mass is 386 g/mol. The minimum atomic E-state index is -0.0156. The molecule has 1 N–H and O–H groups in total. The summed E-state index contributed by atoms with van der Waals surface area (Å²) in [6.45, 7) is 1.51. The van der Waals surface area contributed by atoms with Gasteiger partial charge < -0.3 is 10.2 Å². The second kappa shape index (κ2) is 10.8. The Kier molecular flexibility index (Phi) is 7.58. The zero-order valence-electron chi connectivity index (χ0n) is 16.4. The van der Waals surface area contributed by atoms with Crippen molar-refractivity contribution in [2.45, 2.75) is 12.3 Å².